The van der Waals surface area contributed by atoms with Crippen LogP contribution in [0.3, 0.4) is 0 Å². The fraction of sp³-hybridized carbons (Fsp3) is 0.500. The highest BCUT2D eigenvalue weighted by Crippen LogP contribution is 1.92. The van der Waals surface area contributed by atoms with E-state index >= 15 is 0 Å². The monoisotopic (exact) mass is 246 g/mol. The molecule has 9 heteroatoms. The number of carbonyl (C=O) groups excluding carboxylic acids is 4. The molecule has 0 spiro atoms. The number of carbonyl (C=O) groups is 4. The van der Waals surface area contributed by atoms with Crippen molar-refractivity contribution in [3.05, 3.63) is 0 Å². The van der Waals surface area contributed by atoms with Crippen LogP contribution in [0.4, 0.5) is 0 Å². The van der Waals surface area contributed by atoms with Crippen LogP contribution >= 0.6 is 0 Å². The maximum Gasteiger partial charge on any atom is 0.279 e. The second-order valence-corrected chi connectivity index (χ2v) is 3.23. The van der Waals surface area contributed by atoms with E-state index in [-0.39, 0.29) is 0 Å². The first kappa shape index (κ1) is 14.8. The number of carboxylic acid groups (broad SMARTS) is 3. The van der Waals surface area contributed by atoms with Crippen LogP contribution < -0.4 is 26.4 Å². The van der Waals surface area contributed by atoms with Gasteiger partial charge in [0.15, 0.2) is 6.04 Å². The first-order valence-electron chi connectivity index (χ1n) is 4.48. The lowest BCUT2D eigenvalue weighted by molar-refractivity contribution is -0.409. The molecular weight excluding hydrogens is 236 g/mol. The summed E-state index contributed by atoms with van der Waals surface area (Å²) < 4.78 is 0. The molecule has 0 aromatic heterocycles. The summed E-state index contributed by atoms with van der Waals surface area (Å²) in [5, 5.41) is 32.5. The molecule has 0 saturated heterocycles. The van der Waals surface area contributed by atoms with Crippen molar-refractivity contribution < 1.29 is 40.2 Å². The molecular formula is C8H10N2O7-2. The van der Waals surface area contributed by atoms with E-state index in [0.29, 0.717) is 0 Å². The van der Waals surface area contributed by atoms with Crippen LogP contribution in [0.2, 0.25) is 0 Å². The van der Waals surface area contributed by atoms with Crippen molar-refractivity contribution in [2.45, 2.75) is 24.9 Å². The van der Waals surface area contributed by atoms with Crippen molar-refractivity contribution >= 4 is 23.8 Å². The first-order valence-corrected chi connectivity index (χ1v) is 4.48. The molecule has 96 valence electrons. The van der Waals surface area contributed by atoms with E-state index in [4.69, 9.17) is 0 Å². The van der Waals surface area contributed by atoms with Crippen LogP contribution in [-0.2, 0) is 19.2 Å². The Hall–Kier alpha value is -2.16. The van der Waals surface area contributed by atoms with Gasteiger partial charge in [-0.25, -0.2) is 0 Å². The second-order valence-electron chi connectivity index (χ2n) is 3.23. The highest BCUT2D eigenvalue weighted by atomic mass is 16.4. The minimum Gasteiger partial charge on any atom is -0.550 e. The number of hydrogen-bond acceptors (Lipinski definition) is 7. The van der Waals surface area contributed by atoms with Crippen molar-refractivity contribution in [1.29, 1.82) is 0 Å². The highest BCUT2D eigenvalue weighted by molar-refractivity contribution is 5.89. The van der Waals surface area contributed by atoms with E-state index in [1.165, 1.54) is 0 Å². The van der Waals surface area contributed by atoms with E-state index in [1.54, 1.807) is 5.32 Å². The summed E-state index contributed by atoms with van der Waals surface area (Å²) in [5.41, 5.74) is 3.16. The van der Waals surface area contributed by atoms with Crippen molar-refractivity contribution in [2.24, 2.45) is 0 Å². The molecule has 9 nitrogen and oxygen atoms in total. The van der Waals surface area contributed by atoms with Crippen LogP contribution in [0.15, 0.2) is 0 Å². The van der Waals surface area contributed by atoms with E-state index in [9.17, 15) is 34.5 Å². The average molecular weight is 246 g/mol. The fourth-order valence-corrected chi connectivity index (χ4v) is 0.943. The molecule has 0 aliphatic heterocycles. The number of hydrogen-bond donors (Lipinski definition) is 2. The Morgan fingerprint density at radius 3 is 1.82 bits per heavy atom. The zero-order valence-electron chi connectivity index (χ0n) is 8.63. The van der Waals surface area contributed by atoms with Gasteiger partial charge in [0.05, 0.1) is 12.0 Å². The number of amides is 1. The summed E-state index contributed by atoms with van der Waals surface area (Å²) in [5.74, 6) is -6.07. The summed E-state index contributed by atoms with van der Waals surface area (Å²) >= 11 is 0. The van der Waals surface area contributed by atoms with Crippen molar-refractivity contribution in [3.8, 4) is 0 Å². The molecule has 2 atom stereocenters. The highest BCUT2D eigenvalue weighted by Gasteiger charge is 2.21. The fourth-order valence-electron chi connectivity index (χ4n) is 0.943. The molecule has 0 heterocycles. The summed E-state index contributed by atoms with van der Waals surface area (Å²) in [7, 11) is 0. The number of quaternary nitrogens is 1. The van der Waals surface area contributed by atoms with Gasteiger partial charge < -0.3 is 40.8 Å². The van der Waals surface area contributed by atoms with Gasteiger partial charge in [-0.15, -0.1) is 0 Å². The molecule has 0 aromatic carbocycles. The lowest BCUT2D eigenvalue weighted by Crippen LogP contribution is -2.70. The Morgan fingerprint density at radius 1 is 1.00 bits per heavy atom. The van der Waals surface area contributed by atoms with Crippen LogP contribution in [0, 0.1) is 0 Å². The Labute approximate surface area is 95.2 Å². The minimum atomic E-state index is -1.82. The van der Waals surface area contributed by atoms with Crippen LogP contribution in [0.25, 0.3) is 0 Å². The molecule has 0 saturated carbocycles. The molecule has 0 rings (SSSR count). The molecule has 0 unspecified atom stereocenters. The summed E-state index contributed by atoms with van der Waals surface area (Å²) in [6.07, 6.45) is -1.69. The maximum absolute atomic E-state index is 11.2. The Balaban J connectivity index is 4.44. The van der Waals surface area contributed by atoms with Crippen LogP contribution in [-0.4, -0.2) is 35.9 Å². The maximum atomic E-state index is 11.2. The largest absolute Gasteiger partial charge is 0.550 e. The van der Waals surface area contributed by atoms with Gasteiger partial charge in [0.2, 0.25) is 0 Å². The molecule has 0 aromatic rings. The predicted molar refractivity (Wildman–Crippen MR) is 42.9 cm³/mol. The quantitative estimate of drug-likeness (QED) is 0.448. The third kappa shape index (κ3) is 6.10. The predicted octanol–water partition coefficient (Wildman–Crippen LogP) is -6.89. The lowest BCUT2D eigenvalue weighted by atomic mass is 10.1. The molecule has 0 aliphatic carbocycles. The Kier molecular flexibility index (Phi) is 5.61. The number of aliphatic carboxylic acids is 3. The number of rotatable bonds is 7. The van der Waals surface area contributed by atoms with Gasteiger partial charge in [-0.3, -0.25) is 4.79 Å². The normalized spacial score (nSPS) is 13.5. The lowest BCUT2D eigenvalue weighted by Gasteiger charge is -2.21. The smallest absolute Gasteiger partial charge is 0.279 e. The molecule has 1 amide bonds. The van der Waals surface area contributed by atoms with Gasteiger partial charge in [-0.1, -0.05) is 0 Å². The van der Waals surface area contributed by atoms with E-state index in [2.05, 4.69) is 5.73 Å². The first-order chi connectivity index (χ1) is 7.73. The van der Waals surface area contributed by atoms with Gasteiger partial charge in [0, 0.05) is 24.8 Å². The Bertz CT molecular complexity index is 341. The molecule has 4 N–H and O–H groups in total. The number of nitrogens with one attached hydrogen (secondary N) is 1. The zero-order chi connectivity index (χ0) is 13.6. The summed E-state index contributed by atoms with van der Waals surface area (Å²) in [6, 6.07) is -3.08. The molecule has 0 fully saturated rings. The van der Waals surface area contributed by atoms with Crippen molar-refractivity contribution in [2.75, 3.05) is 0 Å². The van der Waals surface area contributed by atoms with Gasteiger partial charge in [-0.2, -0.15) is 0 Å². The van der Waals surface area contributed by atoms with Crippen LogP contribution in [0.5, 0.6) is 0 Å². The standard InChI is InChI=1S/C8H12N2O7/c9-3(1-5(11)12)7(15)10-4(8(16)17)2-6(13)14/h3-4H,1-2,9H2,(H,10,15)(H,11,12)(H,13,14)(H,16,17)/p-2/t3-,4-/m0/s1. The summed E-state index contributed by atoms with van der Waals surface area (Å²) in [4.78, 5) is 42.0. The molecule has 0 radical (unpaired) electrons. The second kappa shape index (κ2) is 6.43. The average Bonchev–Trinajstić information content (AvgIpc) is 2.14. The van der Waals surface area contributed by atoms with Crippen molar-refractivity contribution in [3.63, 3.8) is 0 Å². The SMILES string of the molecule is [NH3+][C@@H](CC(=O)[O-])C(=O)N[C@@H](CC(=O)[O-])C(=O)[O-]. The van der Waals surface area contributed by atoms with Gasteiger partial charge in [0.25, 0.3) is 5.91 Å². The summed E-state index contributed by atoms with van der Waals surface area (Å²) in [6.45, 7) is 0. The van der Waals surface area contributed by atoms with E-state index in [0.717, 1.165) is 0 Å². The zero-order valence-corrected chi connectivity index (χ0v) is 8.63. The Morgan fingerprint density at radius 2 is 1.47 bits per heavy atom. The third-order valence-electron chi connectivity index (χ3n) is 1.76. The van der Waals surface area contributed by atoms with Gasteiger partial charge in [-0.05, 0) is 0 Å². The number of carboxylic acids is 3. The minimum absolute atomic E-state index is 0.711. The van der Waals surface area contributed by atoms with Crippen LogP contribution in [0.1, 0.15) is 12.8 Å². The van der Waals surface area contributed by atoms with Gasteiger partial charge >= 0.3 is 0 Å². The third-order valence-corrected chi connectivity index (χ3v) is 1.76. The van der Waals surface area contributed by atoms with Gasteiger partial charge in [0.1, 0.15) is 0 Å². The molecule has 17 heavy (non-hydrogen) atoms. The topological polar surface area (TPSA) is 177 Å². The molecule has 0 bridgehead atoms. The molecule has 0 aliphatic rings. The van der Waals surface area contributed by atoms with E-state index < -0.39 is 48.7 Å². The van der Waals surface area contributed by atoms with E-state index in [1.807, 2.05) is 0 Å². The van der Waals surface area contributed by atoms with Crippen molar-refractivity contribution in [1.82, 2.24) is 5.32 Å².